The number of hydrogen-bond acceptors (Lipinski definition) is 3. The third-order valence-corrected chi connectivity index (χ3v) is 3.79. The molecule has 0 N–H and O–H groups in total. The molecule has 1 heterocycles. The number of methoxy groups -OCH3 is 1. The van der Waals surface area contributed by atoms with Crippen molar-refractivity contribution in [3.8, 4) is 0 Å². The lowest BCUT2D eigenvalue weighted by molar-refractivity contribution is -0.145. The number of ketones is 1. The van der Waals surface area contributed by atoms with Crippen LogP contribution < -0.4 is 0 Å². The van der Waals surface area contributed by atoms with Gasteiger partial charge in [-0.05, 0) is 39.2 Å². The van der Waals surface area contributed by atoms with Crippen molar-refractivity contribution in [1.29, 1.82) is 0 Å². The summed E-state index contributed by atoms with van der Waals surface area (Å²) in [6.45, 7) is 9.49. The molecule has 1 aromatic heterocycles. The van der Waals surface area contributed by atoms with Gasteiger partial charge in [0.05, 0.1) is 12.5 Å². The molecule has 0 aliphatic carbocycles. The van der Waals surface area contributed by atoms with Crippen LogP contribution in [-0.4, -0.2) is 28.8 Å². The van der Waals surface area contributed by atoms with Crippen LogP contribution in [0.4, 0.5) is 0 Å². The number of Topliss-reactive ketones (excluding diaryl/α,β-unsaturated/α-hetero) is 1. The number of aromatic nitrogens is 1. The highest BCUT2D eigenvalue weighted by atomic mass is 35.5. The molecule has 0 radical (unpaired) electrons. The molecule has 0 amide bonds. The van der Waals surface area contributed by atoms with E-state index in [4.69, 9.17) is 16.3 Å². The Bertz CT molecular complexity index is 532. The first-order valence-electron chi connectivity index (χ1n) is 7.15. The predicted octanol–water partition coefficient (Wildman–Crippen LogP) is 3.68. The minimum Gasteiger partial charge on any atom is -0.467 e. The Kier molecular flexibility index (Phi) is 6.02. The van der Waals surface area contributed by atoms with Crippen LogP contribution in [-0.2, 0) is 9.53 Å². The van der Waals surface area contributed by atoms with Gasteiger partial charge in [0.2, 0.25) is 0 Å². The number of halogens is 1. The van der Waals surface area contributed by atoms with Gasteiger partial charge in [0.25, 0.3) is 0 Å². The molecule has 1 rings (SSSR count). The van der Waals surface area contributed by atoms with Crippen LogP contribution in [0.5, 0.6) is 0 Å². The van der Waals surface area contributed by atoms with Crippen LogP contribution in [0.3, 0.4) is 0 Å². The minimum atomic E-state index is -0.583. The number of carbonyl (C=O) groups excluding carboxylic acids is 2. The molecule has 118 valence electrons. The Labute approximate surface area is 131 Å². The van der Waals surface area contributed by atoms with E-state index in [-0.39, 0.29) is 11.8 Å². The van der Waals surface area contributed by atoms with Gasteiger partial charge in [-0.15, -0.1) is 11.6 Å². The monoisotopic (exact) mass is 313 g/mol. The van der Waals surface area contributed by atoms with Gasteiger partial charge < -0.3 is 9.30 Å². The maximum absolute atomic E-state index is 12.2. The number of esters is 1. The molecular weight excluding hydrogens is 290 g/mol. The molecule has 0 bridgehead atoms. The van der Waals surface area contributed by atoms with E-state index in [2.05, 4.69) is 13.8 Å². The lowest BCUT2D eigenvalue weighted by Crippen LogP contribution is -2.25. The first kappa shape index (κ1) is 17.8. The summed E-state index contributed by atoms with van der Waals surface area (Å²) in [6, 6.07) is 1.38. The Morgan fingerprint density at radius 3 is 2.29 bits per heavy atom. The summed E-state index contributed by atoms with van der Waals surface area (Å²) in [4.78, 5) is 24.3. The first-order valence-corrected chi connectivity index (χ1v) is 7.58. The van der Waals surface area contributed by atoms with Gasteiger partial charge in [-0.3, -0.25) is 4.79 Å². The van der Waals surface area contributed by atoms with E-state index in [0.29, 0.717) is 17.9 Å². The van der Waals surface area contributed by atoms with Crippen molar-refractivity contribution in [2.24, 2.45) is 5.92 Å². The van der Waals surface area contributed by atoms with Crippen LogP contribution in [0.1, 0.15) is 55.0 Å². The molecule has 0 aliphatic heterocycles. The van der Waals surface area contributed by atoms with Crippen LogP contribution in [0.15, 0.2) is 6.07 Å². The normalized spacial score (nSPS) is 14.1. The van der Waals surface area contributed by atoms with Crippen LogP contribution in [0.25, 0.3) is 0 Å². The van der Waals surface area contributed by atoms with E-state index in [1.807, 2.05) is 18.4 Å². The number of ether oxygens (including phenoxy) is 1. The largest absolute Gasteiger partial charge is 0.467 e. The van der Waals surface area contributed by atoms with E-state index in [0.717, 1.165) is 11.4 Å². The maximum Gasteiger partial charge on any atom is 0.328 e. The molecule has 0 aliphatic rings. The number of rotatable bonds is 6. The van der Waals surface area contributed by atoms with Crippen LogP contribution in [0.2, 0.25) is 0 Å². The standard InChI is InChI=1S/C16H24ClNO3/c1-9(2)7-14(16(20)21-6)18-10(3)8-13(12(18)5)15(19)11(4)17/h8-9,11,14H,7H2,1-6H3. The highest BCUT2D eigenvalue weighted by Crippen LogP contribution is 2.27. The summed E-state index contributed by atoms with van der Waals surface area (Å²) in [5, 5.41) is -0.583. The second kappa shape index (κ2) is 7.12. The topological polar surface area (TPSA) is 48.3 Å². The van der Waals surface area contributed by atoms with Crippen molar-refractivity contribution < 1.29 is 14.3 Å². The SMILES string of the molecule is COC(=O)C(CC(C)C)n1c(C)cc(C(=O)C(C)Cl)c1C. The van der Waals surface area contributed by atoms with Gasteiger partial charge >= 0.3 is 5.97 Å². The zero-order chi connectivity index (χ0) is 16.3. The summed E-state index contributed by atoms with van der Waals surface area (Å²) >= 11 is 5.90. The molecule has 21 heavy (non-hydrogen) atoms. The number of hydrogen-bond donors (Lipinski definition) is 0. The Morgan fingerprint density at radius 2 is 1.86 bits per heavy atom. The van der Waals surface area contributed by atoms with Gasteiger partial charge in [0.1, 0.15) is 6.04 Å². The van der Waals surface area contributed by atoms with Crippen LogP contribution in [0, 0.1) is 19.8 Å². The van der Waals surface area contributed by atoms with Crippen molar-refractivity contribution in [3.63, 3.8) is 0 Å². The summed E-state index contributed by atoms with van der Waals surface area (Å²) in [5.74, 6) is -0.0750. The number of alkyl halides is 1. The summed E-state index contributed by atoms with van der Waals surface area (Å²) < 4.78 is 6.81. The third kappa shape index (κ3) is 3.88. The fourth-order valence-electron chi connectivity index (χ4n) is 2.61. The molecule has 1 aromatic rings. The van der Waals surface area contributed by atoms with E-state index in [9.17, 15) is 9.59 Å². The van der Waals surface area contributed by atoms with Crippen LogP contribution >= 0.6 is 11.6 Å². The number of carbonyl (C=O) groups is 2. The summed E-state index contributed by atoms with van der Waals surface area (Å²) in [5.41, 5.74) is 2.21. The Balaban J connectivity index is 3.32. The van der Waals surface area contributed by atoms with Gasteiger partial charge in [-0.2, -0.15) is 0 Å². The van der Waals surface area contributed by atoms with E-state index >= 15 is 0 Å². The predicted molar refractivity (Wildman–Crippen MR) is 84.1 cm³/mol. The quantitative estimate of drug-likeness (QED) is 0.457. The fraction of sp³-hybridized carbons (Fsp3) is 0.625. The summed E-state index contributed by atoms with van der Waals surface area (Å²) in [6.07, 6.45) is 0.660. The van der Waals surface area contributed by atoms with Gasteiger partial charge in [0, 0.05) is 17.0 Å². The van der Waals surface area contributed by atoms with Crippen molar-refractivity contribution in [1.82, 2.24) is 4.57 Å². The van der Waals surface area contributed by atoms with Crippen molar-refractivity contribution in [2.75, 3.05) is 7.11 Å². The molecule has 5 heteroatoms. The summed E-state index contributed by atoms with van der Waals surface area (Å²) in [7, 11) is 1.39. The zero-order valence-electron chi connectivity index (χ0n) is 13.6. The Hall–Kier alpha value is -1.29. The molecule has 0 fully saturated rings. The number of nitrogens with zero attached hydrogens (tertiary/aromatic N) is 1. The smallest absolute Gasteiger partial charge is 0.328 e. The lowest BCUT2D eigenvalue weighted by atomic mass is 10.0. The average Bonchev–Trinajstić information content (AvgIpc) is 2.69. The average molecular weight is 314 g/mol. The minimum absolute atomic E-state index is 0.121. The van der Waals surface area contributed by atoms with E-state index < -0.39 is 11.4 Å². The Morgan fingerprint density at radius 1 is 1.29 bits per heavy atom. The molecule has 0 aromatic carbocycles. The van der Waals surface area contributed by atoms with Crippen molar-refractivity contribution >= 4 is 23.4 Å². The van der Waals surface area contributed by atoms with Gasteiger partial charge in [0.15, 0.2) is 5.78 Å². The lowest BCUT2D eigenvalue weighted by Gasteiger charge is -2.22. The zero-order valence-corrected chi connectivity index (χ0v) is 14.3. The molecular formula is C16H24ClNO3. The van der Waals surface area contributed by atoms with Gasteiger partial charge in [-0.25, -0.2) is 4.79 Å². The molecule has 4 nitrogen and oxygen atoms in total. The van der Waals surface area contributed by atoms with Crippen molar-refractivity contribution in [2.45, 2.75) is 52.5 Å². The van der Waals surface area contributed by atoms with Crippen molar-refractivity contribution in [3.05, 3.63) is 23.0 Å². The molecule has 2 atom stereocenters. The highest BCUT2D eigenvalue weighted by molar-refractivity contribution is 6.33. The third-order valence-electron chi connectivity index (χ3n) is 3.59. The molecule has 0 saturated heterocycles. The first-order chi connectivity index (χ1) is 9.70. The number of aryl methyl sites for hydroxylation is 1. The second-order valence-electron chi connectivity index (χ2n) is 5.80. The molecule has 0 saturated carbocycles. The van der Waals surface area contributed by atoms with Gasteiger partial charge in [-0.1, -0.05) is 13.8 Å². The molecule has 2 unspecified atom stereocenters. The second-order valence-corrected chi connectivity index (χ2v) is 6.46. The molecule has 0 spiro atoms. The highest BCUT2D eigenvalue weighted by Gasteiger charge is 2.28. The van der Waals surface area contributed by atoms with E-state index in [1.54, 1.807) is 13.0 Å². The maximum atomic E-state index is 12.2. The van der Waals surface area contributed by atoms with E-state index in [1.165, 1.54) is 7.11 Å². The fourth-order valence-corrected chi connectivity index (χ4v) is 2.73.